The fourth-order valence-electron chi connectivity index (χ4n) is 0.862. The maximum atomic E-state index is 10.3. The zero-order valence-electron chi connectivity index (χ0n) is 7.99. The summed E-state index contributed by atoms with van der Waals surface area (Å²) in [6.07, 6.45) is 0. The minimum atomic E-state index is -0.790. The Labute approximate surface area is 107 Å². The first-order chi connectivity index (χ1) is 6.59. The number of nitrogens with zero attached hydrogens (tertiary/aromatic N) is 3. The molecule has 0 spiro atoms. The second-order valence-electron chi connectivity index (χ2n) is 2.46. The van der Waals surface area contributed by atoms with Gasteiger partial charge in [-0.3, -0.25) is 20.2 Å². The molecule has 15 heavy (non-hydrogen) atoms. The summed E-state index contributed by atoms with van der Waals surface area (Å²) in [5, 5.41) is 19.3. The van der Waals surface area contributed by atoms with E-state index in [0.29, 0.717) is 5.56 Å². The maximum Gasteiger partial charge on any atom is 1.00 e. The average molecular weight is 219 g/mol. The third kappa shape index (κ3) is 4.73. The Hall–Kier alpha value is -1.18. The SMILES string of the molecule is O=[N+]([O-])[N-]Cc1ccc([N+](=O)[O-])cc1.[Na+]. The predicted molar refractivity (Wildman–Crippen MR) is 47.2 cm³/mol. The molecule has 0 bridgehead atoms. The van der Waals surface area contributed by atoms with Crippen LogP contribution in [0.15, 0.2) is 24.3 Å². The zero-order chi connectivity index (χ0) is 10.6. The van der Waals surface area contributed by atoms with Gasteiger partial charge in [-0.25, -0.2) is 0 Å². The quantitative estimate of drug-likeness (QED) is 0.355. The molecule has 0 aliphatic heterocycles. The van der Waals surface area contributed by atoms with Crippen molar-refractivity contribution < 1.29 is 39.5 Å². The van der Waals surface area contributed by atoms with Crippen LogP contribution in [0.1, 0.15) is 5.56 Å². The molecule has 0 aliphatic carbocycles. The van der Waals surface area contributed by atoms with Crippen molar-refractivity contribution in [3.63, 3.8) is 0 Å². The van der Waals surface area contributed by atoms with Crippen LogP contribution in [0.3, 0.4) is 0 Å². The van der Waals surface area contributed by atoms with Crippen LogP contribution in [-0.2, 0) is 6.54 Å². The van der Waals surface area contributed by atoms with Crippen LogP contribution < -0.4 is 29.6 Å². The molecule has 1 aromatic carbocycles. The summed E-state index contributed by atoms with van der Waals surface area (Å²) in [5.41, 5.74) is 3.54. The van der Waals surface area contributed by atoms with Crippen molar-refractivity contribution in [1.29, 1.82) is 0 Å². The Morgan fingerprint density at radius 1 is 1.13 bits per heavy atom. The van der Waals surface area contributed by atoms with E-state index in [4.69, 9.17) is 0 Å². The molecule has 74 valence electrons. The van der Waals surface area contributed by atoms with Gasteiger partial charge in [-0.15, -0.1) is 0 Å². The standard InChI is InChI=1S/C7H6N3O4.Na/c11-9(12)7-3-1-6(2-4-7)5-8-10(13)14;/h1-4H,5H2;/q-1;+1. The zero-order valence-corrected chi connectivity index (χ0v) is 9.99. The van der Waals surface area contributed by atoms with Crippen molar-refractivity contribution in [2.24, 2.45) is 0 Å². The molecule has 0 heterocycles. The van der Waals surface area contributed by atoms with Crippen molar-refractivity contribution in [3.8, 4) is 0 Å². The third-order valence-electron chi connectivity index (χ3n) is 1.52. The number of rotatable bonds is 4. The fourth-order valence-corrected chi connectivity index (χ4v) is 0.862. The Morgan fingerprint density at radius 2 is 1.67 bits per heavy atom. The average Bonchev–Trinajstić information content (AvgIpc) is 2.15. The number of hydrogen-bond donors (Lipinski definition) is 0. The van der Waals surface area contributed by atoms with Crippen LogP contribution in [0.25, 0.3) is 5.43 Å². The second kappa shape index (κ2) is 6.33. The number of non-ortho nitro benzene ring substituents is 1. The van der Waals surface area contributed by atoms with E-state index >= 15 is 0 Å². The summed E-state index contributed by atoms with van der Waals surface area (Å²) in [6.45, 7) is -0.0784. The van der Waals surface area contributed by atoms with Crippen LogP contribution in [0.5, 0.6) is 0 Å². The van der Waals surface area contributed by atoms with Gasteiger partial charge in [0.15, 0.2) is 0 Å². The molecule has 0 fully saturated rings. The van der Waals surface area contributed by atoms with Crippen molar-refractivity contribution >= 4 is 5.69 Å². The molecule has 0 saturated carbocycles. The van der Waals surface area contributed by atoms with Crippen LogP contribution in [0.4, 0.5) is 5.69 Å². The second-order valence-corrected chi connectivity index (χ2v) is 2.46. The molecular formula is C7H6N3NaO4. The first-order valence-electron chi connectivity index (χ1n) is 3.65. The first-order valence-corrected chi connectivity index (χ1v) is 3.65. The minimum absolute atomic E-state index is 0. The summed E-state index contributed by atoms with van der Waals surface area (Å²) in [4.78, 5) is 19.6. The summed E-state index contributed by atoms with van der Waals surface area (Å²) >= 11 is 0. The Balaban J connectivity index is 0.00000196. The number of benzene rings is 1. The molecule has 1 aromatic rings. The number of nitro groups is 2. The first kappa shape index (κ1) is 13.8. The van der Waals surface area contributed by atoms with Crippen molar-refractivity contribution in [3.05, 3.63) is 55.5 Å². The van der Waals surface area contributed by atoms with Gasteiger partial charge >= 0.3 is 29.6 Å². The largest absolute Gasteiger partial charge is 1.00 e. The minimum Gasteiger partial charge on any atom is -0.375 e. The van der Waals surface area contributed by atoms with E-state index in [0.717, 1.165) is 0 Å². The molecular weight excluding hydrogens is 213 g/mol. The van der Waals surface area contributed by atoms with E-state index in [2.05, 4.69) is 5.43 Å². The van der Waals surface area contributed by atoms with Crippen LogP contribution in [0, 0.1) is 20.2 Å². The third-order valence-corrected chi connectivity index (χ3v) is 1.52. The fraction of sp³-hybridized carbons (Fsp3) is 0.143. The van der Waals surface area contributed by atoms with E-state index in [1.165, 1.54) is 24.3 Å². The van der Waals surface area contributed by atoms with Crippen LogP contribution in [0.2, 0.25) is 0 Å². The molecule has 8 heteroatoms. The van der Waals surface area contributed by atoms with Crippen molar-refractivity contribution in [2.45, 2.75) is 6.54 Å². The molecule has 0 saturated heterocycles. The van der Waals surface area contributed by atoms with Gasteiger partial charge in [0, 0.05) is 12.1 Å². The molecule has 0 aromatic heterocycles. The molecule has 7 nitrogen and oxygen atoms in total. The number of hydrogen-bond acceptors (Lipinski definition) is 4. The maximum absolute atomic E-state index is 10.3. The van der Waals surface area contributed by atoms with Gasteiger partial charge in [-0.1, -0.05) is 24.2 Å². The molecule has 0 atom stereocenters. The van der Waals surface area contributed by atoms with E-state index in [1.54, 1.807) is 0 Å². The van der Waals surface area contributed by atoms with E-state index in [-0.39, 0.29) is 41.8 Å². The van der Waals surface area contributed by atoms with E-state index in [1.807, 2.05) is 0 Å². The van der Waals surface area contributed by atoms with Gasteiger partial charge in [-0.2, -0.15) is 0 Å². The molecule has 0 unspecified atom stereocenters. The Morgan fingerprint density at radius 3 is 2.07 bits per heavy atom. The monoisotopic (exact) mass is 219 g/mol. The van der Waals surface area contributed by atoms with Gasteiger partial charge in [0.05, 0.1) is 4.92 Å². The van der Waals surface area contributed by atoms with Crippen LogP contribution >= 0.6 is 0 Å². The molecule has 0 radical (unpaired) electrons. The van der Waals surface area contributed by atoms with Gasteiger partial charge in [0.2, 0.25) is 0 Å². The van der Waals surface area contributed by atoms with Crippen molar-refractivity contribution in [2.75, 3.05) is 0 Å². The molecule has 0 N–H and O–H groups in total. The van der Waals surface area contributed by atoms with E-state index < -0.39 is 9.96 Å². The summed E-state index contributed by atoms with van der Waals surface area (Å²) in [5.74, 6) is 0. The summed E-state index contributed by atoms with van der Waals surface area (Å²) in [7, 11) is 0. The van der Waals surface area contributed by atoms with Gasteiger partial charge < -0.3 is 5.43 Å². The van der Waals surface area contributed by atoms with E-state index in [9.17, 15) is 20.2 Å². The summed E-state index contributed by atoms with van der Waals surface area (Å²) in [6, 6.07) is 5.44. The van der Waals surface area contributed by atoms with Gasteiger partial charge in [0.25, 0.3) is 5.69 Å². The molecule has 1 rings (SSSR count). The Bertz CT molecular complexity index is 354. The molecule has 0 amide bonds. The molecule has 0 aliphatic rings. The normalized spacial score (nSPS) is 8.80. The smallest absolute Gasteiger partial charge is 0.375 e. The number of nitro benzene ring substituents is 1. The van der Waals surface area contributed by atoms with Gasteiger partial charge in [0.1, 0.15) is 0 Å². The summed E-state index contributed by atoms with van der Waals surface area (Å²) < 4.78 is 0. The topological polar surface area (TPSA) is 100 Å². The van der Waals surface area contributed by atoms with Crippen molar-refractivity contribution in [1.82, 2.24) is 0 Å². The Kier molecular flexibility index (Phi) is 5.83. The van der Waals surface area contributed by atoms with Crippen LogP contribution in [-0.4, -0.2) is 9.96 Å². The van der Waals surface area contributed by atoms with Gasteiger partial charge in [-0.05, 0) is 5.03 Å². The predicted octanol–water partition coefficient (Wildman–Crippen LogP) is -1.34.